The van der Waals surface area contributed by atoms with E-state index in [0.29, 0.717) is 19.6 Å². The number of aliphatic hydroxyl groups is 2. The molecule has 192 valence electrons. The van der Waals surface area contributed by atoms with Crippen molar-refractivity contribution in [2.75, 3.05) is 26.3 Å². The van der Waals surface area contributed by atoms with Crippen LogP contribution in [0, 0.1) is 11.8 Å². The van der Waals surface area contributed by atoms with Gasteiger partial charge in [0.15, 0.2) is 0 Å². The van der Waals surface area contributed by atoms with E-state index in [2.05, 4.69) is 27.1 Å². The molecule has 0 bridgehead atoms. The Balaban J connectivity index is 1.32. The quantitative estimate of drug-likeness (QED) is 0.288. The van der Waals surface area contributed by atoms with Gasteiger partial charge >= 0.3 is 0 Å². The van der Waals surface area contributed by atoms with Crippen LogP contribution in [0.25, 0.3) is 0 Å². The van der Waals surface area contributed by atoms with Gasteiger partial charge in [0.25, 0.3) is 5.56 Å². The first kappa shape index (κ1) is 26.1. The second kappa shape index (κ2) is 12.3. The number of H-pyrrole nitrogens is 1. The van der Waals surface area contributed by atoms with Gasteiger partial charge in [-0.05, 0) is 41.8 Å². The van der Waals surface area contributed by atoms with Crippen molar-refractivity contribution >= 4 is 5.91 Å². The van der Waals surface area contributed by atoms with Crippen LogP contribution in [0.2, 0.25) is 0 Å². The summed E-state index contributed by atoms with van der Waals surface area (Å²) in [5.74, 6) is 5.34. The SMILES string of the molecule is O=C(CO)N1CCC(NCc2ccc(C#Cc3ccc(C(CO)Cc4nc[nH]c(=O)c4O)cc3)cc2)C1. The summed E-state index contributed by atoms with van der Waals surface area (Å²) in [6.45, 7) is 1.38. The van der Waals surface area contributed by atoms with E-state index in [1.54, 1.807) is 4.90 Å². The normalized spacial score (nSPS) is 15.7. The van der Waals surface area contributed by atoms with Crippen LogP contribution in [-0.2, 0) is 17.8 Å². The summed E-state index contributed by atoms with van der Waals surface area (Å²) in [6.07, 6.45) is 2.34. The van der Waals surface area contributed by atoms with E-state index in [1.807, 2.05) is 48.5 Å². The third kappa shape index (κ3) is 6.83. The van der Waals surface area contributed by atoms with Crippen molar-refractivity contribution in [1.29, 1.82) is 0 Å². The van der Waals surface area contributed by atoms with Crippen molar-refractivity contribution < 1.29 is 20.1 Å². The summed E-state index contributed by atoms with van der Waals surface area (Å²) in [5.41, 5.74) is 3.33. The highest BCUT2D eigenvalue weighted by atomic mass is 16.3. The molecule has 2 unspecified atom stereocenters. The van der Waals surface area contributed by atoms with Gasteiger partial charge < -0.3 is 30.5 Å². The van der Waals surface area contributed by atoms with E-state index in [1.165, 1.54) is 6.33 Å². The first-order valence-corrected chi connectivity index (χ1v) is 12.2. The summed E-state index contributed by atoms with van der Waals surface area (Å²) < 4.78 is 0. The van der Waals surface area contributed by atoms with Gasteiger partial charge in [-0.3, -0.25) is 9.59 Å². The number of aliphatic hydroxyl groups excluding tert-OH is 2. The molecule has 9 heteroatoms. The molecule has 1 aromatic heterocycles. The number of aromatic amines is 1. The second-order valence-electron chi connectivity index (χ2n) is 9.04. The number of amides is 1. The molecule has 1 saturated heterocycles. The summed E-state index contributed by atoms with van der Waals surface area (Å²) in [5, 5.41) is 32.2. The molecule has 2 aromatic carbocycles. The molecule has 0 radical (unpaired) electrons. The predicted molar refractivity (Wildman–Crippen MR) is 138 cm³/mol. The van der Waals surface area contributed by atoms with Gasteiger partial charge in [0.1, 0.15) is 6.61 Å². The minimum Gasteiger partial charge on any atom is -0.502 e. The van der Waals surface area contributed by atoms with Crippen LogP contribution in [0.4, 0.5) is 0 Å². The predicted octanol–water partition coefficient (Wildman–Crippen LogP) is 0.877. The molecule has 1 amide bonds. The Morgan fingerprint density at radius 1 is 1.11 bits per heavy atom. The van der Waals surface area contributed by atoms with E-state index < -0.39 is 17.9 Å². The van der Waals surface area contributed by atoms with Crippen LogP contribution >= 0.6 is 0 Å². The summed E-state index contributed by atoms with van der Waals surface area (Å²) in [4.78, 5) is 31.2. The first-order chi connectivity index (χ1) is 18.0. The van der Waals surface area contributed by atoms with Crippen molar-refractivity contribution in [2.45, 2.75) is 31.3 Å². The Hall–Kier alpha value is -3.97. The number of hydrogen-bond acceptors (Lipinski definition) is 7. The zero-order valence-electron chi connectivity index (χ0n) is 20.4. The third-order valence-corrected chi connectivity index (χ3v) is 6.52. The molecule has 0 spiro atoms. The van der Waals surface area contributed by atoms with Crippen molar-refractivity contribution in [2.24, 2.45) is 0 Å². The van der Waals surface area contributed by atoms with Crippen LogP contribution in [-0.4, -0.2) is 68.4 Å². The molecule has 1 aliphatic heterocycles. The van der Waals surface area contributed by atoms with Crippen LogP contribution in [0.3, 0.4) is 0 Å². The Morgan fingerprint density at radius 3 is 2.43 bits per heavy atom. The largest absolute Gasteiger partial charge is 0.502 e. The number of carbonyl (C=O) groups excluding carboxylic acids is 1. The molecule has 37 heavy (non-hydrogen) atoms. The highest BCUT2D eigenvalue weighted by Gasteiger charge is 2.25. The smallest absolute Gasteiger partial charge is 0.293 e. The summed E-state index contributed by atoms with van der Waals surface area (Å²) in [6, 6.07) is 15.7. The molecule has 3 aromatic rings. The lowest BCUT2D eigenvalue weighted by Crippen LogP contribution is -2.36. The Morgan fingerprint density at radius 2 is 1.78 bits per heavy atom. The summed E-state index contributed by atoms with van der Waals surface area (Å²) in [7, 11) is 0. The highest BCUT2D eigenvalue weighted by molar-refractivity contribution is 5.77. The third-order valence-electron chi connectivity index (χ3n) is 6.52. The van der Waals surface area contributed by atoms with E-state index in [9.17, 15) is 19.8 Å². The molecular formula is C28H30N4O5. The van der Waals surface area contributed by atoms with Crippen LogP contribution in [0.15, 0.2) is 59.7 Å². The molecule has 4 rings (SSSR count). The van der Waals surface area contributed by atoms with Gasteiger partial charge in [0.2, 0.25) is 11.7 Å². The van der Waals surface area contributed by atoms with Crippen LogP contribution in [0.5, 0.6) is 5.75 Å². The van der Waals surface area contributed by atoms with Crippen molar-refractivity contribution in [3.05, 3.63) is 93.2 Å². The second-order valence-corrected chi connectivity index (χ2v) is 9.04. The lowest BCUT2D eigenvalue weighted by molar-refractivity contribution is -0.133. The molecular weight excluding hydrogens is 472 g/mol. The maximum Gasteiger partial charge on any atom is 0.293 e. The van der Waals surface area contributed by atoms with E-state index in [4.69, 9.17) is 5.11 Å². The van der Waals surface area contributed by atoms with Crippen molar-refractivity contribution in [3.63, 3.8) is 0 Å². The average Bonchev–Trinajstić information content (AvgIpc) is 3.41. The maximum atomic E-state index is 11.6. The van der Waals surface area contributed by atoms with Gasteiger partial charge in [-0.2, -0.15) is 0 Å². The topological polar surface area (TPSA) is 139 Å². The number of carbonyl (C=O) groups is 1. The molecule has 5 N–H and O–H groups in total. The molecule has 1 fully saturated rings. The van der Waals surface area contributed by atoms with Crippen LogP contribution < -0.4 is 10.9 Å². The molecule has 1 aliphatic rings. The lowest BCUT2D eigenvalue weighted by atomic mass is 9.94. The number of rotatable bonds is 8. The Bertz CT molecular complexity index is 1330. The lowest BCUT2D eigenvalue weighted by Gasteiger charge is -2.16. The van der Waals surface area contributed by atoms with E-state index in [0.717, 1.165) is 28.7 Å². The fraction of sp³-hybridized carbons (Fsp3) is 0.321. The Labute approximate surface area is 214 Å². The van der Waals surface area contributed by atoms with Gasteiger partial charge in [-0.25, -0.2) is 4.98 Å². The minimum absolute atomic E-state index is 0.153. The minimum atomic E-state index is -0.603. The zero-order valence-corrected chi connectivity index (χ0v) is 20.4. The van der Waals surface area contributed by atoms with Crippen LogP contribution in [0.1, 0.15) is 40.3 Å². The zero-order chi connectivity index (χ0) is 26.2. The number of likely N-dealkylation sites (tertiary alicyclic amines) is 1. The van der Waals surface area contributed by atoms with E-state index in [-0.39, 0.29) is 36.6 Å². The van der Waals surface area contributed by atoms with Crippen molar-refractivity contribution in [3.8, 4) is 17.6 Å². The standard InChI is InChI=1S/C28H30N4O5/c33-16-23(13-25-27(36)28(37)31-18-30-25)22-9-7-20(8-10-22)2-1-19-3-5-21(6-4-19)14-29-24-11-12-32(15-24)26(35)17-34/h3-10,18,23-24,29,33-34,36H,11-17H2,(H,30,31,37). The Kier molecular flexibility index (Phi) is 8.69. The molecule has 2 heterocycles. The monoisotopic (exact) mass is 502 g/mol. The highest BCUT2D eigenvalue weighted by Crippen LogP contribution is 2.22. The number of aromatic nitrogens is 2. The molecule has 0 aliphatic carbocycles. The van der Waals surface area contributed by atoms with Gasteiger partial charge in [0, 0.05) is 49.1 Å². The van der Waals surface area contributed by atoms with Gasteiger partial charge in [-0.1, -0.05) is 36.1 Å². The van der Waals surface area contributed by atoms with Gasteiger partial charge in [-0.15, -0.1) is 0 Å². The summed E-state index contributed by atoms with van der Waals surface area (Å²) >= 11 is 0. The molecule has 9 nitrogen and oxygen atoms in total. The average molecular weight is 503 g/mol. The van der Waals surface area contributed by atoms with Gasteiger partial charge in [0.05, 0.1) is 18.6 Å². The number of hydrogen-bond donors (Lipinski definition) is 5. The number of nitrogens with one attached hydrogen (secondary N) is 2. The molecule has 0 saturated carbocycles. The number of benzene rings is 2. The van der Waals surface area contributed by atoms with E-state index >= 15 is 0 Å². The fourth-order valence-corrected chi connectivity index (χ4v) is 4.30. The van der Waals surface area contributed by atoms with Crippen molar-refractivity contribution in [1.82, 2.24) is 20.2 Å². The maximum absolute atomic E-state index is 11.6. The number of aromatic hydroxyl groups is 1. The molecule has 2 atom stereocenters. The fourth-order valence-electron chi connectivity index (χ4n) is 4.30. The first-order valence-electron chi connectivity index (χ1n) is 12.2. The number of nitrogens with zero attached hydrogens (tertiary/aromatic N) is 2.